The van der Waals surface area contributed by atoms with E-state index in [2.05, 4.69) is 9.89 Å². The minimum atomic E-state index is -4.93. The van der Waals surface area contributed by atoms with Crippen molar-refractivity contribution in [1.82, 2.24) is 5.16 Å². The fraction of sp³-hybridized carbons (Fsp3) is 0.182. The number of hydrogen-bond donors (Lipinski definition) is 0. The number of alkyl halides is 4. The van der Waals surface area contributed by atoms with Crippen LogP contribution in [0.3, 0.4) is 0 Å². The quantitative estimate of drug-likeness (QED) is 0.631. The molecule has 1 aromatic carbocycles. The summed E-state index contributed by atoms with van der Waals surface area (Å²) in [6, 6.07) is 4.08. The van der Waals surface area contributed by atoms with Gasteiger partial charge in [0.1, 0.15) is 17.3 Å². The summed E-state index contributed by atoms with van der Waals surface area (Å²) in [6.07, 6.45) is -4.93. The van der Waals surface area contributed by atoms with Gasteiger partial charge in [-0.25, -0.2) is 4.39 Å². The van der Waals surface area contributed by atoms with Crippen LogP contribution in [0.15, 0.2) is 28.8 Å². The zero-order chi connectivity index (χ0) is 14.0. The van der Waals surface area contributed by atoms with Crippen LogP contribution in [-0.4, -0.2) is 11.5 Å². The number of benzene rings is 1. The molecule has 8 heteroatoms. The molecule has 3 nitrogen and oxygen atoms in total. The number of rotatable bonds is 3. The summed E-state index contributed by atoms with van der Waals surface area (Å²) in [5, 5.41) is 3.55. The number of halogens is 5. The summed E-state index contributed by atoms with van der Waals surface area (Å²) in [5.74, 6) is -1.26. The molecule has 19 heavy (non-hydrogen) atoms. The minimum absolute atomic E-state index is 0.0175. The summed E-state index contributed by atoms with van der Waals surface area (Å²) in [6.45, 7) is 0. The van der Waals surface area contributed by atoms with Crippen molar-refractivity contribution in [1.29, 1.82) is 0 Å². The first-order valence-electron chi connectivity index (χ1n) is 4.96. The molecule has 0 unspecified atom stereocenters. The van der Waals surface area contributed by atoms with Crippen molar-refractivity contribution in [3.63, 3.8) is 0 Å². The first-order chi connectivity index (χ1) is 8.89. The zero-order valence-electron chi connectivity index (χ0n) is 9.17. The Morgan fingerprint density at radius 2 is 2.00 bits per heavy atom. The second-order valence-electron chi connectivity index (χ2n) is 3.50. The fourth-order valence-electron chi connectivity index (χ4n) is 1.42. The third-order valence-electron chi connectivity index (χ3n) is 2.14. The third-order valence-corrected chi connectivity index (χ3v) is 2.40. The molecule has 102 valence electrons. The lowest BCUT2D eigenvalue weighted by Crippen LogP contribution is -2.17. The summed E-state index contributed by atoms with van der Waals surface area (Å²) < 4.78 is 58.2. The molecule has 0 spiro atoms. The van der Waals surface area contributed by atoms with Crippen molar-refractivity contribution >= 4 is 11.6 Å². The second kappa shape index (κ2) is 5.08. The van der Waals surface area contributed by atoms with Gasteiger partial charge in [-0.1, -0.05) is 5.16 Å². The van der Waals surface area contributed by atoms with Crippen LogP contribution >= 0.6 is 11.6 Å². The minimum Gasteiger partial charge on any atom is -0.405 e. The second-order valence-corrected chi connectivity index (χ2v) is 3.77. The Morgan fingerprint density at radius 1 is 1.26 bits per heavy atom. The maximum absolute atomic E-state index is 13.0. The number of hydrogen-bond acceptors (Lipinski definition) is 3. The highest BCUT2D eigenvalue weighted by atomic mass is 35.5. The lowest BCUT2D eigenvalue weighted by molar-refractivity contribution is -0.274. The van der Waals surface area contributed by atoms with E-state index in [9.17, 15) is 17.6 Å². The molecule has 2 aromatic rings. The molecule has 1 aromatic heterocycles. The fourth-order valence-corrected chi connectivity index (χ4v) is 1.55. The van der Waals surface area contributed by atoms with Gasteiger partial charge in [-0.05, 0) is 12.1 Å². The molecule has 0 N–H and O–H groups in total. The van der Waals surface area contributed by atoms with Crippen LogP contribution in [0.2, 0.25) is 0 Å². The predicted octanol–water partition coefficient (Wildman–Crippen LogP) is 4.12. The molecule has 0 saturated heterocycles. The largest absolute Gasteiger partial charge is 0.573 e. The van der Waals surface area contributed by atoms with Crippen molar-refractivity contribution < 1.29 is 26.8 Å². The van der Waals surface area contributed by atoms with E-state index in [1.807, 2.05) is 0 Å². The van der Waals surface area contributed by atoms with Crippen molar-refractivity contribution in [2.24, 2.45) is 0 Å². The average Bonchev–Trinajstić information content (AvgIpc) is 2.75. The van der Waals surface area contributed by atoms with E-state index in [1.165, 1.54) is 6.07 Å². The van der Waals surface area contributed by atoms with E-state index in [0.717, 1.165) is 12.1 Å². The van der Waals surface area contributed by atoms with Crippen LogP contribution < -0.4 is 4.74 Å². The summed E-state index contributed by atoms with van der Waals surface area (Å²) >= 11 is 5.49. The van der Waals surface area contributed by atoms with Crippen LogP contribution in [-0.2, 0) is 5.88 Å². The van der Waals surface area contributed by atoms with E-state index in [1.54, 1.807) is 0 Å². The van der Waals surface area contributed by atoms with E-state index in [-0.39, 0.29) is 22.9 Å². The first-order valence-corrected chi connectivity index (χ1v) is 5.50. The smallest absolute Gasteiger partial charge is 0.405 e. The van der Waals surface area contributed by atoms with Gasteiger partial charge in [0.05, 0.1) is 5.88 Å². The Labute approximate surface area is 109 Å². The molecule has 2 rings (SSSR count). The summed E-state index contributed by atoms with van der Waals surface area (Å²) in [5.41, 5.74) is 0.0359. The lowest BCUT2D eigenvalue weighted by atomic mass is 10.1. The predicted molar refractivity (Wildman–Crippen MR) is 58.1 cm³/mol. The lowest BCUT2D eigenvalue weighted by Gasteiger charge is -2.11. The Bertz CT molecular complexity index is 582. The Morgan fingerprint density at radius 3 is 2.58 bits per heavy atom. The van der Waals surface area contributed by atoms with Crippen molar-refractivity contribution in [2.75, 3.05) is 0 Å². The van der Waals surface area contributed by atoms with E-state index < -0.39 is 17.9 Å². The Balaban J connectivity index is 2.44. The number of ether oxygens (including phenoxy) is 1. The molecule has 0 fully saturated rings. The van der Waals surface area contributed by atoms with Crippen molar-refractivity contribution in [3.8, 4) is 17.0 Å². The third kappa shape index (κ3) is 3.37. The molecule has 0 saturated carbocycles. The maximum atomic E-state index is 13.0. The van der Waals surface area contributed by atoms with Crippen molar-refractivity contribution in [2.45, 2.75) is 12.2 Å². The number of nitrogens with zero attached hydrogens (tertiary/aromatic N) is 1. The van der Waals surface area contributed by atoms with Crippen LogP contribution in [0.4, 0.5) is 17.6 Å². The molecular formula is C11H6ClF4NO2. The molecule has 1 heterocycles. The van der Waals surface area contributed by atoms with Gasteiger partial charge >= 0.3 is 6.36 Å². The Kier molecular flexibility index (Phi) is 3.66. The van der Waals surface area contributed by atoms with Crippen LogP contribution in [0.1, 0.15) is 5.76 Å². The van der Waals surface area contributed by atoms with Gasteiger partial charge < -0.3 is 9.26 Å². The van der Waals surface area contributed by atoms with Crippen LogP contribution in [0, 0.1) is 5.82 Å². The van der Waals surface area contributed by atoms with Crippen LogP contribution in [0.25, 0.3) is 11.3 Å². The molecule has 0 atom stereocenters. The molecule has 0 aliphatic heterocycles. The van der Waals surface area contributed by atoms with E-state index in [0.29, 0.717) is 6.07 Å². The molecule has 0 aliphatic rings. The van der Waals surface area contributed by atoms with Gasteiger partial charge in [-0.15, -0.1) is 24.8 Å². The highest BCUT2D eigenvalue weighted by Crippen LogP contribution is 2.34. The van der Waals surface area contributed by atoms with Gasteiger partial charge in [-0.3, -0.25) is 0 Å². The Hall–Kier alpha value is -1.76. The molecule has 0 amide bonds. The highest BCUT2D eigenvalue weighted by molar-refractivity contribution is 6.16. The maximum Gasteiger partial charge on any atom is 0.573 e. The van der Waals surface area contributed by atoms with Crippen LogP contribution in [0.5, 0.6) is 5.75 Å². The van der Waals surface area contributed by atoms with Gasteiger partial charge in [0.15, 0.2) is 5.76 Å². The standard InChI is InChI=1S/C11H6ClF4NO2/c12-5-7-4-9(17-19-7)8-2-1-6(13)3-10(8)18-11(14,15)16/h1-4H,5H2. The molecule has 0 aliphatic carbocycles. The SMILES string of the molecule is Fc1ccc(-c2cc(CCl)on2)c(OC(F)(F)F)c1. The normalized spacial score (nSPS) is 11.6. The van der Waals surface area contributed by atoms with Gasteiger partial charge in [0.25, 0.3) is 0 Å². The zero-order valence-corrected chi connectivity index (χ0v) is 9.93. The molecule has 0 radical (unpaired) electrons. The summed E-state index contributed by atoms with van der Waals surface area (Å²) in [4.78, 5) is 0. The first kappa shape index (κ1) is 13.7. The van der Waals surface area contributed by atoms with E-state index >= 15 is 0 Å². The van der Waals surface area contributed by atoms with E-state index in [4.69, 9.17) is 16.1 Å². The van der Waals surface area contributed by atoms with Gasteiger partial charge in [0.2, 0.25) is 0 Å². The average molecular weight is 296 g/mol. The topological polar surface area (TPSA) is 35.3 Å². The van der Waals surface area contributed by atoms with Gasteiger partial charge in [-0.2, -0.15) is 0 Å². The molecule has 0 bridgehead atoms. The number of aromatic nitrogens is 1. The molecular weight excluding hydrogens is 290 g/mol. The van der Waals surface area contributed by atoms with Gasteiger partial charge in [0, 0.05) is 17.7 Å². The van der Waals surface area contributed by atoms with Crippen molar-refractivity contribution in [3.05, 3.63) is 35.8 Å². The monoisotopic (exact) mass is 295 g/mol. The highest BCUT2D eigenvalue weighted by Gasteiger charge is 2.32. The summed E-state index contributed by atoms with van der Waals surface area (Å²) in [7, 11) is 0.